The number of aromatic nitrogens is 2. The van der Waals surface area contributed by atoms with Gasteiger partial charge in [0.2, 0.25) is 0 Å². The van der Waals surface area contributed by atoms with Crippen molar-refractivity contribution < 1.29 is 28.2 Å². The fourth-order valence-electron chi connectivity index (χ4n) is 3.26. The highest BCUT2D eigenvalue weighted by Crippen LogP contribution is 2.34. The van der Waals surface area contributed by atoms with Crippen molar-refractivity contribution in [1.82, 2.24) is 14.3 Å². The number of benzene rings is 1. The van der Waals surface area contributed by atoms with Crippen LogP contribution < -0.4 is 5.32 Å². The molecule has 0 radical (unpaired) electrons. The van der Waals surface area contributed by atoms with Crippen LogP contribution in [0.25, 0.3) is 5.65 Å². The Morgan fingerprint density at radius 1 is 1.09 bits per heavy atom. The number of nitrogens with zero attached hydrogens (tertiary/aromatic N) is 3. The lowest BCUT2D eigenvalue weighted by Crippen LogP contribution is -2.30. The largest absolute Gasteiger partial charge is 0.435 e. The number of carbonyl (C=O) groups is 1. The molecule has 3 aromatic rings. The van der Waals surface area contributed by atoms with Crippen LogP contribution in [0.5, 0.6) is 0 Å². The van der Waals surface area contributed by atoms with Crippen LogP contribution in [-0.2, 0) is 12.7 Å². The van der Waals surface area contributed by atoms with Crippen LogP contribution in [0.3, 0.4) is 0 Å². The first-order valence-corrected chi connectivity index (χ1v) is 10.2. The second-order valence-corrected chi connectivity index (χ2v) is 7.61. The minimum Gasteiger partial charge on any atom is -0.395 e. The molecule has 0 unspecified atom stereocenters. The van der Waals surface area contributed by atoms with E-state index in [1.807, 2.05) is 0 Å². The van der Waals surface area contributed by atoms with E-state index in [1.165, 1.54) is 39.8 Å². The van der Waals surface area contributed by atoms with Gasteiger partial charge in [-0.2, -0.15) is 13.2 Å². The van der Waals surface area contributed by atoms with E-state index in [1.54, 1.807) is 6.07 Å². The van der Waals surface area contributed by atoms with E-state index in [2.05, 4.69) is 10.3 Å². The van der Waals surface area contributed by atoms with Crippen LogP contribution in [0.15, 0.2) is 36.5 Å². The molecule has 0 aliphatic heterocycles. The van der Waals surface area contributed by atoms with Gasteiger partial charge in [-0.3, -0.25) is 9.69 Å². The molecule has 0 atom stereocenters. The molecule has 3 rings (SSSR count). The van der Waals surface area contributed by atoms with E-state index in [9.17, 15) is 28.2 Å². The third-order valence-electron chi connectivity index (χ3n) is 4.66. The number of imidazole rings is 1. The Morgan fingerprint density at radius 3 is 2.28 bits per heavy atom. The number of fused-ring (bicyclic) bond motifs is 1. The zero-order valence-corrected chi connectivity index (χ0v) is 18.0. The third-order valence-corrected chi connectivity index (χ3v) is 5.29. The molecule has 0 bridgehead atoms. The predicted molar refractivity (Wildman–Crippen MR) is 114 cm³/mol. The van der Waals surface area contributed by atoms with Crippen LogP contribution in [0.1, 0.15) is 21.7 Å². The monoisotopic (exact) mass is 490 g/mol. The van der Waals surface area contributed by atoms with Crippen molar-refractivity contribution in [3.8, 4) is 0 Å². The molecular weight excluding hydrogens is 472 g/mol. The van der Waals surface area contributed by atoms with Crippen molar-refractivity contribution in [1.29, 1.82) is 0 Å². The molecule has 3 N–H and O–H groups in total. The van der Waals surface area contributed by atoms with Gasteiger partial charge in [-0.15, -0.1) is 0 Å². The summed E-state index contributed by atoms with van der Waals surface area (Å²) in [6.07, 6.45) is -3.38. The Labute approximate surface area is 191 Å². The van der Waals surface area contributed by atoms with Crippen molar-refractivity contribution in [2.24, 2.45) is 0 Å². The summed E-state index contributed by atoms with van der Waals surface area (Å²) in [5.41, 5.74) is -1.43. The molecule has 1 aromatic carbocycles. The number of hydrogen-bond donors (Lipinski definition) is 3. The van der Waals surface area contributed by atoms with E-state index in [0.717, 1.165) is 0 Å². The number of aliphatic hydroxyl groups is 2. The third kappa shape index (κ3) is 5.16. The number of anilines is 1. The minimum absolute atomic E-state index is 0.0160. The fourth-order valence-corrected chi connectivity index (χ4v) is 3.83. The molecule has 32 heavy (non-hydrogen) atoms. The van der Waals surface area contributed by atoms with Gasteiger partial charge in [0.25, 0.3) is 5.91 Å². The van der Waals surface area contributed by atoms with Crippen LogP contribution in [0.4, 0.5) is 18.9 Å². The first-order valence-electron chi connectivity index (χ1n) is 9.44. The molecule has 7 nitrogen and oxygen atoms in total. The summed E-state index contributed by atoms with van der Waals surface area (Å²) in [4.78, 5) is 18.0. The molecule has 0 aliphatic rings. The Kier molecular flexibility index (Phi) is 7.63. The Bertz CT molecular complexity index is 1100. The zero-order valence-electron chi connectivity index (χ0n) is 16.5. The number of halogens is 5. The van der Waals surface area contributed by atoms with E-state index in [4.69, 9.17) is 23.2 Å². The van der Waals surface area contributed by atoms with Gasteiger partial charge in [-0.05, 0) is 24.3 Å². The molecule has 0 saturated heterocycles. The predicted octanol–water partition coefficient (Wildman–Crippen LogP) is 3.70. The van der Waals surface area contributed by atoms with Crippen molar-refractivity contribution >= 4 is 40.4 Å². The van der Waals surface area contributed by atoms with Crippen LogP contribution in [0.2, 0.25) is 10.0 Å². The average molecular weight is 491 g/mol. The molecule has 0 aliphatic carbocycles. The summed E-state index contributed by atoms with van der Waals surface area (Å²) < 4.78 is 42.5. The smallest absolute Gasteiger partial charge is 0.395 e. The number of nitrogens with one attached hydrogen (secondary N) is 1. The highest BCUT2D eigenvalue weighted by molar-refractivity contribution is 6.40. The van der Waals surface area contributed by atoms with Gasteiger partial charge in [0.15, 0.2) is 11.3 Å². The molecule has 12 heteroatoms. The second-order valence-electron chi connectivity index (χ2n) is 6.79. The van der Waals surface area contributed by atoms with Gasteiger partial charge < -0.3 is 19.9 Å². The maximum absolute atomic E-state index is 13.8. The van der Waals surface area contributed by atoms with E-state index in [-0.39, 0.29) is 65.5 Å². The zero-order chi connectivity index (χ0) is 23.5. The van der Waals surface area contributed by atoms with Gasteiger partial charge in [0.1, 0.15) is 0 Å². The number of alkyl halides is 3. The maximum Gasteiger partial charge on any atom is 0.435 e. The van der Waals surface area contributed by atoms with Gasteiger partial charge in [-0.1, -0.05) is 29.3 Å². The SMILES string of the molecule is O=C(Nc1cccn2c(CN(CCO)CCO)c(C(F)(F)F)nc12)c1c(Cl)cccc1Cl. The summed E-state index contributed by atoms with van der Waals surface area (Å²) >= 11 is 12.1. The summed E-state index contributed by atoms with van der Waals surface area (Å²) in [5.74, 6) is -0.700. The van der Waals surface area contributed by atoms with E-state index < -0.39 is 17.8 Å². The number of rotatable bonds is 8. The number of pyridine rings is 1. The molecule has 2 heterocycles. The molecule has 0 fully saturated rings. The van der Waals surface area contributed by atoms with Crippen molar-refractivity contribution in [2.45, 2.75) is 12.7 Å². The number of amides is 1. The highest BCUT2D eigenvalue weighted by atomic mass is 35.5. The Hall–Kier alpha value is -2.37. The number of aliphatic hydroxyl groups excluding tert-OH is 2. The Morgan fingerprint density at radius 2 is 1.72 bits per heavy atom. The lowest BCUT2D eigenvalue weighted by molar-refractivity contribution is -0.141. The standard InChI is InChI=1S/C20H19Cl2F3N4O3/c21-12-3-1-4-13(22)16(12)19(32)26-14-5-2-6-29-15(11-28(7-9-30)8-10-31)17(20(23,24)25)27-18(14)29/h1-6,30-31H,7-11H2,(H,26,32). The summed E-state index contributed by atoms with van der Waals surface area (Å²) in [7, 11) is 0. The summed E-state index contributed by atoms with van der Waals surface area (Å²) in [6, 6.07) is 7.37. The first kappa shape index (κ1) is 24.3. The van der Waals surface area contributed by atoms with E-state index >= 15 is 0 Å². The van der Waals surface area contributed by atoms with Crippen molar-refractivity contribution in [3.63, 3.8) is 0 Å². The molecule has 172 valence electrons. The summed E-state index contributed by atoms with van der Waals surface area (Å²) in [6.45, 7) is -0.695. The van der Waals surface area contributed by atoms with Crippen LogP contribution >= 0.6 is 23.2 Å². The second kappa shape index (κ2) is 10.1. The summed E-state index contributed by atoms with van der Waals surface area (Å²) in [5, 5.41) is 21.1. The van der Waals surface area contributed by atoms with Gasteiger partial charge >= 0.3 is 6.18 Å². The van der Waals surface area contributed by atoms with Crippen molar-refractivity contribution in [3.05, 3.63) is 63.5 Å². The highest BCUT2D eigenvalue weighted by Gasteiger charge is 2.38. The minimum atomic E-state index is -4.77. The number of hydrogen-bond acceptors (Lipinski definition) is 5. The lowest BCUT2D eigenvalue weighted by atomic mass is 10.2. The van der Waals surface area contributed by atoms with Crippen molar-refractivity contribution in [2.75, 3.05) is 31.6 Å². The van der Waals surface area contributed by atoms with Gasteiger partial charge in [0.05, 0.1) is 40.2 Å². The molecule has 1 amide bonds. The van der Waals surface area contributed by atoms with Gasteiger partial charge in [0, 0.05) is 25.8 Å². The fraction of sp³-hybridized carbons (Fsp3) is 0.300. The molecular formula is C20H19Cl2F3N4O3. The topological polar surface area (TPSA) is 90.1 Å². The molecule has 0 spiro atoms. The van der Waals surface area contributed by atoms with Crippen LogP contribution in [-0.4, -0.2) is 56.7 Å². The van der Waals surface area contributed by atoms with E-state index in [0.29, 0.717) is 0 Å². The molecule has 0 saturated carbocycles. The van der Waals surface area contributed by atoms with Gasteiger partial charge in [-0.25, -0.2) is 4.98 Å². The molecule has 2 aromatic heterocycles. The normalized spacial score (nSPS) is 12.0. The lowest BCUT2D eigenvalue weighted by Gasteiger charge is -2.21. The average Bonchev–Trinajstić information content (AvgIpc) is 3.08. The first-order chi connectivity index (χ1) is 15.2. The Balaban J connectivity index is 2.07. The van der Waals surface area contributed by atoms with Crippen LogP contribution in [0, 0.1) is 0 Å². The number of carbonyl (C=O) groups excluding carboxylic acids is 1. The quantitative estimate of drug-likeness (QED) is 0.447. The maximum atomic E-state index is 13.8.